The molecule has 0 bridgehead atoms. The Bertz CT molecular complexity index is 696. The highest BCUT2D eigenvalue weighted by Crippen LogP contribution is 2.31. The van der Waals surface area contributed by atoms with E-state index in [9.17, 15) is 9.59 Å². The van der Waals surface area contributed by atoms with Crippen LogP contribution in [0.25, 0.3) is 0 Å². The van der Waals surface area contributed by atoms with Gasteiger partial charge >= 0.3 is 0 Å². The molecule has 3 heterocycles. The van der Waals surface area contributed by atoms with Crippen LogP contribution in [-0.2, 0) is 9.59 Å². The molecule has 27 heavy (non-hydrogen) atoms. The minimum Gasteiger partial charge on any atom is -0.493 e. The number of piperazine rings is 1. The fourth-order valence-electron chi connectivity index (χ4n) is 4.68. The van der Waals surface area contributed by atoms with E-state index in [4.69, 9.17) is 4.74 Å². The Hall–Kier alpha value is -2.31. The van der Waals surface area contributed by atoms with Crippen molar-refractivity contribution in [2.24, 2.45) is 5.92 Å². The third-order valence-electron chi connectivity index (χ3n) is 6.19. The zero-order valence-electron chi connectivity index (χ0n) is 16.0. The molecule has 7 heteroatoms. The summed E-state index contributed by atoms with van der Waals surface area (Å²) in [6.45, 7) is 3.50. The lowest BCUT2D eigenvalue weighted by atomic mass is 10.1. The highest BCUT2D eigenvalue weighted by Gasteiger charge is 2.40. The molecule has 0 radical (unpaired) electrons. The average molecular weight is 372 g/mol. The van der Waals surface area contributed by atoms with Crippen molar-refractivity contribution in [3.8, 4) is 5.75 Å². The van der Waals surface area contributed by atoms with Crippen LogP contribution in [0.5, 0.6) is 5.75 Å². The van der Waals surface area contributed by atoms with E-state index in [1.54, 1.807) is 19.5 Å². The van der Waals surface area contributed by atoms with Crippen molar-refractivity contribution in [3.63, 3.8) is 0 Å². The maximum absolute atomic E-state index is 13.0. The van der Waals surface area contributed by atoms with Crippen molar-refractivity contribution in [1.29, 1.82) is 0 Å². The van der Waals surface area contributed by atoms with Crippen LogP contribution in [0.3, 0.4) is 0 Å². The minimum atomic E-state index is -0.167. The molecule has 0 spiro atoms. The van der Waals surface area contributed by atoms with E-state index < -0.39 is 0 Å². The van der Waals surface area contributed by atoms with Crippen LogP contribution in [0.15, 0.2) is 18.5 Å². The third kappa shape index (κ3) is 3.59. The summed E-state index contributed by atoms with van der Waals surface area (Å²) < 4.78 is 5.40. The number of methoxy groups -OCH3 is 1. The molecule has 1 atom stereocenters. The number of rotatable bonds is 4. The molecular weight excluding hydrogens is 344 g/mol. The van der Waals surface area contributed by atoms with Gasteiger partial charge in [0.25, 0.3) is 0 Å². The van der Waals surface area contributed by atoms with Crippen molar-refractivity contribution in [1.82, 2.24) is 14.8 Å². The Labute approximate surface area is 160 Å². The first-order valence-corrected chi connectivity index (χ1v) is 9.98. The Morgan fingerprint density at radius 1 is 1.19 bits per heavy atom. The Kier molecular flexibility index (Phi) is 5.18. The van der Waals surface area contributed by atoms with Crippen LogP contribution in [-0.4, -0.2) is 72.5 Å². The summed E-state index contributed by atoms with van der Waals surface area (Å²) in [4.78, 5) is 35.6. The highest BCUT2D eigenvalue weighted by molar-refractivity contribution is 5.89. The van der Waals surface area contributed by atoms with Crippen molar-refractivity contribution >= 4 is 17.5 Å². The quantitative estimate of drug-likeness (QED) is 0.802. The molecule has 1 saturated carbocycles. The zero-order chi connectivity index (χ0) is 18.8. The highest BCUT2D eigenvalue weighted by atomic mass is 16.5. The van der Waals surface area contributed by atoms with Crippen LogP contribution in [0, 0.1) is 5.92 Å². The second kappa shape index (κ2) is 7.74. The molecule has 2 saturated heterocycles. The summed E-state index contributed by atoms with van der Waals surface area (Å²) in [5, 5.41) is 0. The molecule has 1 aliphatic carbocycles. The smallest absolute Gasteiger partial charge is 0.228 e. The van der Waals surface area contributed by atoms with E-state index in [1.807, 2.05) is 15.9 Å². The number of hydrogen-bond acceptors (Lipinski definition) is 5. The van der Waals surface area contributed by atoms with Crippen LogP contribution < -0.4 is 9.64 Å². The number of likely N-dealkylation sites (tertiary alicyclic amines) is 1. The molecule has 0 aromatic carbocycles. The van der Waals surface area contributed by atoms with Gasteiger partial charge in [0.15, 0.2) is 5.75 Å². The maximum Gasteiger partial charge on any atom is 0.228 e. The van der Waals surface area contributed by atoms with Gasteiger partial charge in [0.05, 0.1) is 24.9 Å². The van der Waals surface area contributed by atoms with Gasteiger partial charge in [-0.15, -0.1) is 0 Å². The first kappa shape index (κ1) is 18.1. The van der Waals surface area contributed by atoms with Crippen LogP contribution in [0.1, 0.15) is 32.1 Å². The van der Waals surface area contributed by atoms with Gasteiger partial charge < -0.3 is 19.4 Å². The first-order valence-electron chi connectivity index (χ1n) is 9.98. The number of amides is 2. The Morgan fingerprint density at radius 3 is 2.63 bits per heavy atom. The predicted molar refractivity (Wildman–Crippen MR) is 102 cm³/mol. The number of carbonyl (C=O) groups excluding carboxylic acids is 2. The summed E-state index contributed by atoms with van der Waals surface area (Å²) in [7, 11) is 1.65. The summed E-state index contributed by atoms with van der Waals surface area (Å²) in [5.41, 5.74) is 1.02. The average Bonchev–Trinajstić information content (AvgIpc) is 3.37. The Morgan fingerprint density at radius 2 is 1.93 bits per heavy atom. The third-order valence-corrected chi connectivity index (χ3v) is 6.19. The van der Waals surface area contributed by atoms with Gasteiger partial charge in [-0.1, -0.05) is 12.8 Å². The summed E-state index contributed by atoms with van der Waals surface area (Å²) in [5.74, 6) is 0.900. The molecule has 1 unspecified atom stereocenters. The molecule has 146 valence electrons. The largest absolute Gasteiger partial charge is 0.493 e. The van der Waals surface area contributed by atoms with E-state index in [1.165, 1.54) is 12.8 Å². The van der Waals surface area contributed by atoms with Gasteiger partial charge in [0.2, 0.25) is 11.8 Å². The molecule has 2 amide bonds. The molecule has 7 nitrogen and oxygen atoms in total. The van der Waals surface area contributed by atoms with Crippen molar-refractivity contribution in [3.05, 3.63) is 18.5 Å². The van der Waals surface area contributed by atoms with Crippen molar-refractivity contribution < 1.29 is 14.3 Å². The number of aromatic nitrogens is 1. The molecule has 0 N–H and O–H groups in total. The molecule has 1 aromatic heterocycles. The van der Waals surface area contributed by atoms with E-state index in [0.717, 1.165) is 37.4 Å². The van der Waals surface area contributed by atoms with E-state index in [-0.39, 0.29) is 17.7 Å². The van der Waals surface area contributed by atoms with Crippen LogP contribution >= 0.6 is 0 Å². The summed E-state index contributed by atoms with van der Waals surface area (Å²) in [6.07, 6.45) is 8.46. The lowest BCUT2D eigenvalue weighted by molar-refractivity contribution is -0.136. The van der Waals surface area contributed by atoms with E-state index in [0.29, 0.717) is 32.1 Å². The zero-order valence-corrected chi connectivity index (χ0v) is 16.0. The number of ether oxygens (including phenoxy) is 1. The standard InChI is InChI=1S/C20H28N4O3/c1-27-18-13-21-7-6-17(18)22-8-10-23(11-9-22)20(26)15-12-19(25)24(14-15)16-4-2-3-5-16/h6-7,13,15-16H,2-5,8-12,14H2,1H3. The topological polar surface area (TPSA) is 66.0 Å². The fourth-order valence-corrected chi connectivity index (χ4v) is 4.68. The van der Waals surface area contributed by atoms with Gasteiger partial charge in [-0.2, -0.15) is 0 Å². The number of hydrogen-bond donors (Lipinski definition) is 0. The number of carbonyl (C=O) groups is 2. The first-order chi connectivity index (χ1) is 13.2. The van der Waals surface area contributed by atoms with E-state index >= 15 is 0 Å². The molecular formula is C20H28N4O3. The summed E-state index contributed by atoms with van der Waals surface area (Å²) >= 11 is 0. The number of pyridine rings is 1. The van der Waals surface area contributed by atoms with Gasteiger partial charge in [-0.3, -0.25) is 14.6 Å². The lowest BCUT2D eigenvalue weighted by Gasteiger charge is -2.37. The van der Waals surface area contributed by atoms with Gasteiger partial charge in [-0.25, -0.2) is 0 Å². The molecule has 1 aromatic rings. The van der Waals surface area contributed by atoms with Crippen LogP contribution in [0.2, 0.25) is 0 Å². The lowest BCUT2D eigenvalue weighted by Crippen LogP contribution is -2.51. The van der Waals surface area contributed by atoms with E-state index in [2.05, 4.69) is 9.88 Å². The monoisotopic (exact) mass is 372 g/mol. The van der Waals surface area contributed by atoms with Crippen molar-refractivity contribution in [2.75, 3.05) is 44.7 Å². The molecule has 3 fully saturated rings. The molecule has 3 aliphatic rings. The normalized spacial score (nSPS) is 24.0. The van der Waals surface area contributed by atoms with Gasteiger partial charge in [0, 0.05) is 51.4 Å². The molecule has 2 aliphatic heterocycles. The maximum atomic E-state index is 13.0. The molecule has 4 rings (SSSR count). The van der Waals surface area contributed by atoms with Gasteiger partial charge in [-0.05, 0) is 18.9 Å². The fraction of sp³-hybridized carbons (Fsp3) is 0.650. The second-order valence-electron chi connectivity index (χ2n) is 7.75. The predicted octanol–water partition coefficient (Wildman–Crippen LogP) is 1.53. The Balaban J connectivity index is 1.34. The van der Waals surface area contributed by atoms with Crippen LogP contribution in [0.4, 0.5) is 5.69 Å². The SMILES string of the molecule is COc1cnccc1N1CCN(C(=O)C2CC(=O)N(C3CCCC3)C2)CC1. The van der Waals surface area contributed by atoms with Gasteiger partial charge in [0.1, 0.15) is 0 Å². The minimum absolute atomic E-state index is 0.144. The number of nitrogens with zero attached hydrogens (tertiary/aromatic N) is 4. The number of anilines is 1. The second-order valence-corrected chi connectivity index (χ2v) is 7.75. The van der Waals surface area contributed by atoms with Crippen molar-refractivity contribution in [2.45, 2.75) is 38.1 Å². The summed E-state index contributed by atoms with van der Waals surface area (Å²) in [6, 6.07) is 2.32.